The average molecular weight is 274 g/mol. The topological polar surface area (TPSA) is 0 Å². The molecular weight excluding hydrogens is 272 g/mol. The Bertz CT molecular complexity index is 6.00. The molecule has 0 spiro atoms. The molecule has 32 valence electrons. The number of hydrogen-bond donors (Lipinski definition) is 0. The molecule has 0 N–H and O–H groups in total. The van der Waals surface area contributed by atoms with Crippen molar-refractivity contribution in [2.24, 2.45) is 0 Å². The van der Waals surface area contributed by atoms with E-state index in [0.29, 0.717) is 0 Å². The monoisotopic (exact) mass is 276 g/mol. The molecule has 4 heteroatoms. The molecule has 0 fully saturated rings. The van der Waals surface area contributed by atoms with Gasteiger partial charge in [0.05, 0.1) is 0 Å². The summed E-state index contributed by atoms with van der Waals surface area (Å²) in [5, 5.41) is 0. The second-order valence-corrected chi connectivity index (χ2v) is 0. The van der Waals surface area contributed by atoms with E-state index >= 15 is 0 Å². The van der Waals surface area contributed by atoms with Crippen LogP contribution in [-0.4, -0.2) is 28.4 Å². The summed E-state index contributed by atoms with van der Waals surface area (Å²) in [6, 6.07) is 0. The molecule has 0 aromatic carbocycles. The summed E-state index contributed by atoms with van der Waals surface area (Å²) in [6.07, 6.45) is 0. The van der Waals surface area contributed by atoms with E-state index in [2.05, 4.69) is 28.4 Å². The Morgan fingerprint density at radius 1 is 1.00 bits per heavy atom. The molecule has 0 aliphatic rings. The summed E-state index contributed by atoms with van der Waals surface area (Å²) in [5.41, 5.74) is 0. The van der Waals surface area contributed by atoms with Crippen molar-refractivity contribution in [3.63, 3.8) is 0 Å². The molecule has 0 unspecified atom stereocenters. The van der Waals surface area contributed by atoms with Gasteiger partial charge in [-0.05, 0) is 0 Å². The van der Waals surface area contributed by atoms with E-state index in [1.165, 1.54) is 0 Å². The Hall–Kier alpha value is 2.05. The van der Waals surface area contributed by atoms with Gasteiger partial charge in [0.25, 0.3) is 0 Å². The summed E-state index contributed by atoms with van der Waals surface area (Å²) in [5.74, 6) is 0. The molecule has 0 bridgehead atoms. The molecule has 0 aromatic rings. The van der Waals surface area contributed by atoms with Crippen molar-refractivity contribution >= 4 is 28.4 Å². The van der Waals surface area contributed by atoms with Gasteiger partial charge in [0.1, 0.15) is 0 Å². The first kappa shape index (κ1) is 16.6. The van der Waals surface area contributed by atoms with Gasteiger partial charge in [-0.2, -0.15) is 0 Å². The van der Waals surface area contributed by atoms with Crippen molar-refractivity contribution in [1.29, 1.82) is 0 Å². The van der Waals surface area contributed by atoms with E-state index in [1.807, 2.05) is 0 Å². The van der Waals surface area contributed by atoms with Crippen LogP contribution in [0.3, 0.4) is 0 Å². The van der Waals surface area contributed by atoms with Gasteiger partial charge in [0.15, 0.2) is 0 Å². The molecule has 4 heavy (non-hydrogen) atoms. The standard InChI is InChI=1S/Fe.Ni.H2Se2/c;;1-2/h;;1-2H. The quantitative estimate of drug-likeness (QED) is 0.482. The van der Waals surface area contributed by atoms with Crippen molar-refractivity contribution in [3.8, 4) is 0 Å². The van der Waals surface area contributed by atoms with Crippen molar-refractivity contribution in [2.45, 2.75) is 0 Å². The Morgan fingerprint density at radius 3 is 1.00 bits per heavy atom. The fourth-order valence-corrected chi connectivity index (χ4v) is 0. The van der Waals surface area contributed by atoms with E-state index in [9.17, 15) is 0 Å². The van der Waals surface area contributed by atoms with E-state index in [0.717, 1.165) is 0 Å². The minimum atomic E-state index is 0. The number of hydrogen-bond acceptors (Lipinski definition) is 0. The van der Waals surface area contributed by atoms with Gasteiger partial charge in [-0.15, -0.1) is 0 Å². The third kappa shape index (κ3) is 8.96. The van der Waals surface area contributed by atoms with Crippen LogP contribution in [0.15, 0.2) is 0 Å². The molecule has 0 saturated heterocycles. The fourth-order valence-electron chi connectivity index (χ4n) is 0. The zero-order chi connectivity index (χ0) is 2.00. The van der Waals surface area contributed by atoms with E-state index in [4.69, 9.17) is 0 Å². The normalized spacial score (nSPS) is 1.50. The molecule has 0 aliphatic heterocycles. The van der Waals surface area contributed by atoms with E-state index in [1.54, 1.807) is 0 Å². The van der Waals surface area contributed by atoms with Gasteiger partial charge in [-0.25, -0.2) is 0 Å². The summed E-state index contributed by atoms with van der Waals surface area (Å²) >= 11 is 4.50. The second kappa shape index (κ2) is 19.7. The molecule has 0 rings (SSSR count). The van der Waals surface area contributed by atoms with Gasteiger partial charge < -0.3 is 0 Å². The maximum atomic E-state index is 2.25. The maximum absolute atomic E-state index is 2.25. The second-order valence-electron chi connectivity index (χ2n) is 0. The molecule has 0 amide bonds. The third-order valence-corrected chi connectivity index (χ3v) is 0. The van der Waals surface area contributed by atoms with Crippen molar-refractivity contribution < 1.29 is 33.6 Å². The minimum absolute atomic E-state index is 0. The van der Waals surface area contributed by atoms with Gasteiger partial charge in [-0.3, -0.25) is 0 Å². The molecule has 0 heterocycles. The first-order valence-electron chi connectivity index (χ1n) is 0.200. The fraction of sp³-hybridized carbons (Fsp3) is 0. The Balaban J connectivity index is -0.00000000500. The average Bonchev–Trinajstić information content (AvgIpc) is 1.00. The van der Waals surface area contributed by atoms with Crippen LogP contribution in [0.25, 0.3) is 0 Å². The summed E-state index contributed by atoms with van der Waals surface area (Å²) in [7, 11) is 0. The van der Waals surface area contributed by atoms with E-state index in [-0.39, 0.29) is 33.6 Å². The van der Waals surface area contributed by atoms with Crippen LogP contribution in [0.2, 0.25) is 0 Å². The first-order valence-corrected chi connectivity index (χ1v) is 5.40. The zero-order valence-corrected chi connectivity index (χ0v) is 7.41. The molecule has 0 radical (unpaired) electrons. The third-order valence-electron chi connectivity index (χ3n) is 0. The zero-order valence-electron chi connectivity index (χ0n) is 1.56. The van der Waals surface area contributed by atoms with Crippen molar-refractivity contribution in [1.82, 2.24) is 0 Å². The number of rotatable bonds is 0. The van der Waals surface area contributed by atoms with Crippen molar-refractivity contribution in [3.05, 3.63) is 0 Å². The van der Waals surface area contributed by atoms with Crippen LogP contribution in [0.4, 0.5) is 0 Å². The molecule has 0 aliphatic carbocycles. The predicted molar refractivity (Wildman–Crippen MR) is 14.3 cm³/mol. The predicted octanol–water partition coefficient (Wildman–Crippen LogP) is -1.30. The van der Waals surface area contributed by atoms with Crippen molar-refractivity contribution in [2.75, 3.05) is 0 Å². The molecule has 0 saturated carbocycles. The van der Waals surface area contributed by atoms with Crippen LogP contribution in [-0.2, 0) is 33.6 Å². The molecule has 0 aromatic heterocycles. The molecule has 0 atom stereocenters. The van der Waals surface area contributed by atoms with Gasteiger partial charge >= 0.3 is 28.4 Å². The van der Waals surface area contributed by atoms with Crippen LogP contribution >= 0.6 is 0 Å². The Labute approximate surface area is 61.4 Å². The van der Waals surface area contributed by atoms with Crippen LogP contribution in [0.1, 0.15) is 0 Å². The molecular formula is H2FeNiSe2. The van der Waals surface area contributed by atoms with E-state index < -0.39 is 0 Å². The summed E-state index contributed by atoms with van der Waals surface area (Å²) < 4.78 is 0. The van der Waals surface area contributed by atoms with Gasteiger partial charge in [0.2, 0.25) is 0 Å². The Kier molecular flexibility index (Phi) is 81.7. The van der Waals surface area contributed by atoms with Crippen LogP contribution in [0, 0.1) is 0 Å². The van der Waals surface area contributed by atoms with Crippen LogP contribution < -0.4 is 0 Å². The first-order chi connectivity index (χ1) is 1.00. The summed E-state index contributed by atoms with van der Waals surface area (Å²) in [6.45, 7) is 0. The van der Waals surface area contributed by atoms with Crippen LogP contribution in [0.5, 0.6) is 0 Å². The SMILES string of the molecule is [Fe].[Ni].[SeH][SeH]. The molecule has 0 nitrogen and oxygen atoms in total. The summed E-state index contributed by atoms with van der Waals surface area (Å²) in [4.78, 5) is 0. The van der Waals surface area contributed by atoms with Gasteiger partial charge in [0, 0.05) is 33.6 Å². The Morgan fingerprint density at radius 2 is 1.00 bits per heavy atom. The van der Waals surface area contributed by atoms with Gasteiger partial charge in [-0.1, -0.05) is 0 Å².